The molecule has 3 heteroatoms. The highest BCUT2D eigenvalue weighted by molar-refractivity contribution is 6.08. The summed E-state index contributed by atoms with van der Waals surface area (Å²) >= 11 is 0. The molecule has 0 aromatic heterocycles. The molecular formula is C14H17NO2. The molecule has 1 saturated heterocycles. The Bertz CT molecular complexity index is 441. The van der Waals surface area contributed by atoms with E-state index in [9.17, 15) is 9.59 Å². The number of carbonyl (C=O) groups is 2. The minimum absolute atomic E-state index is 0.0597. The second-order valence-electron chi connectivity index (χ2n) is 4.63. The highest BCUT2D eigenvalue weighted by atomic mass is 16.2. The molecule has 1 aliphatic rings. The fourth-order valence-electron chi connectivity index (χ4n) is 2.64. The van der Waals surface area contributed by atoms with Gasteiger partial charge in [-0.05, 0) is 12.0 Å². The van der Waals surface area contributed by atoms with Crippen molar-refractivity contribution in [2.75, 3.05) is 7.05 Å². The zero-order valence-electron chi connectivity index (χ0n) is 10.3. The summed E-state index contributed by atoms with van der Waals surface area (Å²) in [6.45, 7) is 2.04. The van der Waals surface area contributed by atoms with Gasteiger partial charge in [0.15, 0.2) is 0 Å². The first-order valence-electron chi connectivity index (χ1n) is 5.98. The van der Waals surface area contributed by atoms with Crippen LogP contribution in [0.25, 0.3) is 0 Å². The number of nitrogens with zero attached hydrogens (tertiary/aromatic N) is 1. The lowest BCUT2D eigenvalue weighted by molar-refractivity contribution is -0.138. The Hall–Kier alpha value is -1.64. The SMILES string of the molecule is CCC[C@]1(c2ccccc2)CC(=O)N(C)C1=O. The molecule has 0 spiro atoms. The summed E-state index contributed by atoms with van der Waals surface area (Å²) in [5.41, 5.74) is 0.339. The molecule has 3 nitrogen and oxygen atoms in total. The van der Waals surface area contributed by atoms with Crippen molar-refractivity contribution in [1.82, 2.24) is 4.90 Å². The van der Waals surface area contributed by atoms with E-state index in [4.69, 9.17) is 0 Å². The lowest BCUT2D eigenvalue weighted by Gasteiger charge is -2.26. The summed E-state index contributed by atoms with van der Waals surface area (Å²) in [6, 6.07) is 9.65. The van der Waals surface area contributed by atoms with Gasteiger partial charge in [0.1, 0.15) is 0 Å². The Balaban J connectivity index is 2.48. The quantitative estimate of drug-likeness (QED) is 0.747. The first kappa shape index (κ1) is 11.8. The monoisotopic (exact) mass is 231 g/mol. The van der Waals surface area contributed by atoms with E-state index >= 15 is 0 Å². The van der Waals surface area contributed by atoms with Gasteiger partial charge in [-0.15, -0.1) is 0 Å². The van der Waals surface area contributed by atoms with Crippen molar-refractivity contribution in [3.05, 3.63) is 35.9 Å². The van der Waals surface area contributed by atoms with Crippen LogP contribution < -0.4 is 0 Å². The number of hydrogen-bond acceptors (Lipinski definition) is 2. The number of likely N-dealkylation sites (N-methyl/N-ethyl adjacent to an activating group) is 1. The average molecular weight is 231 g/mol. The molecule has 1 fully saturated rings. The maximum Gasteiger partial charge on any atom is 0.240 e. The molecule has 0 unspecified atom stereocenters. The van der Waals surface area contributed by atoms with Crippen molar-refractivity contribution in [2.45, 2.75) is 31.6 Å². The van der Waals surface area contributed by atoms with E-state index in [0.29, 0.717) is 6.42 Å². The number of hydrogen-bond donors (Lipinski definition) is 0. The third-order valence-corrected chi connectivity index (χ3v) is 3.54. The van der Waals surface area contributed by atoms with E-state index in [0.717, 1.165) is 18.4 Å². The minimum Gasteiger partial charge on any atom is -0.285 e. The number of benzene rings is 1. The Kier molecular flexibility index (Phi) is 3.01. The fraction of sp³-hybridized carbons (Fsp3) is 0.429. The molecule has 1 aromatic rings. The first-order chi connectivity index (χ1) is 8.12. The predicted molar refractivity (Wildman–Crippen MR) is 65.4 cm³/mol. The van der Waals surface area contributed by atoms with Gasteiger partial charge in [-0.3, -0.25) is 14.5 Å². The van der Waals surface area contributed by atoms with E-state index < -0.39 is 5.41 Å². The van der Waals surface area contributed by atoms with Crippen LogP contribution in [0.4, 0.5) is 0 Å². The van der Waals surface area contributed by atoms with Crippen molar-refractivity contribution in [2.24, 2.45) is 0 Å². The molecule has 0 radical (unpaired) electrons. The van der Waals surface area contributed by atoms with Crippen molar-refractivity contribution in [3.63, 3.8) is 0 Å². The van der Waals surface area contributed by atoms with Crippen LogP contribution in [0.5, 0.6) is 0 Å². The standard InChI is InChI=1S/C14H17NO2/c1-3-9-14(11-7-5-4-6-8-11)10-12(16)15(2)13(14)17/h4-8H,3,9-10H2,1-2H3/t14-/m1/s1. The molecule has 0 aliphatic carbocycles. The van der Waals surface area contributed by atoms with Gasteiger partial charge in [0, 0.05) is 13.5 Å². The normalized spacial score (nSPS) is 24.5. The van der Waals surface area contributed by atoms with Crippen molar-refractivity contribution in [3.8, 4) is 0 Å². The lowest BCUT2D eigenvalue weighted by Crippen LogP contribution is -2.36. The van der Waals surface area contributed by atoms with Gasteiger partial charge >= 0.3 is 0 Å². The zero-order valence-corrected chi connectivity index (χ0v) is 10.3. The van der Waals surface area contributed by atoms with Gasteiger partial charge in [-0.25, -0.2) is 0 Å². The largest absolute Gasteiger partial charge is 0.285 e. The smallest absolute Gasteiger partial charge is 0.240 e. The summed E-state index contributed by atoms with van der Waals surface area (Å²) in [7, 11) is 1.57. The molecule has 1 atom stereocenters. The lowest BCUT2D eigenvalue weighted by atomic mass is 9.75. The molecule has 90 valence electrons. The zero-order chi connectivity index (χ0) is 12.5. The molecule has 1 aliphatic heterocycles. The van der Waals surface area contributed by atoms with Crippen molar-refractivity contribution < 1.29 is 9.59 Å². The Morgan fingerprint density at radius 2 is 1.88 bits per heavy atom. The second kappa shape index (κ2) is 4.32. The maximum absolute atomic E-state index is 12.3. The predicted octanol–water partition coefficient (Wildman–Crippen LogP) is 2.11. The molecule has 1 heterocycles. The van der Waals surface area contributed by atoms with E-state index in [-0.39, 0.29) is 11.8 Å². The topological polar surface area (TPSA) is 37.4 Å². The number of carbonyl (C=O) groups excluding carboxylic acids is 2. The molecule has 17 heavy (non-hydrogen) atoms. The third-order valence-electron chi connectivity index (χ3n) is 3.54. The molecule has 1 aromatic carbocycles. The second-order valence-corrected chi connectivity index (χ2v) is 4.63. The minimum atomic E-state index is -0.623. The third kappa shape index (κ3) is 1.75. The first-order valence-corrected chi connectivity index (χ1v) is 5.98. The number of rotatable bonds is 3. The number of imide groups is 1. The molecular weight excluding hydrogens is 214 g/mol. The molecule has 0 saturated carbocycles. The van der Waals surface area contributed by atoms with Gasteiger partial charge in [-0.1, -0.05) is 43.7 Å². The Labute approximate surface area is 101 Å². The van der Waals surface area contributed by atoms with Crippen LogP contribution in [0, 0.1) is 0 Å². The van der Waals surface area contributed by atoms with Crippen LogP contribution >= 0.6 is 0 Å². The molecule has 0 bridgehead atoms. The maximum atomic E-state index is 12.3. The van der Waals surface area contributed by atoms with Crippen LogP contribution in [0.1, 0.15) is 31.7 Å². The highest BCUT2D eigenvalue weighted by Crippen LogP contribution is 2.39. The Morgan fingerprint density at radius 1 is 1.24 bits per heavy atom. The van der Waals surface area contributed by atoms with E-state index in [2.05, 4.69) is 0 Å². The van der Waals surface area contributed by atoms with Crippen LogP contribution in [-0.4, -0.2) is 23.8 Å². The fourth-order valence-corrected chi connectivity index (χ4v) is 2.64. The molecule has 2 amide bonds. The summed E-state index contributed by atoms with van der Waals surface area (Å²) in [5.74, 6) is -0.136. The number of likely N-dealkylation sites (tertiary alicyclic amines) is 1. The van der Waals surface area contributed by atoms with Gasteiger partial charge in [0.05, 0.1) is 5.41 Å². The van der Waals surface area contributed by atoms with Crippen LogP contribution in [0.2, 0.25) is 0 Å². The van der Waals surface area contributed by atoms with Crippen molar-refractivity contribution >= 4 is 11.8 Å². The van der Waals surface area contributed by atoms with E-state index in [1.54, 1.807) is 7.05 Å². The van der Waals surface area contributed by atoms with E-state index in [1.807, 2.05) is 37.3 Å². The summed E-state index contributed by atoms with van der Waals surface area (Å²) < 4.78 is 0. The molecule has 2 rings (SSSR count). The number of amides is 2. The highest BCUT2D eigenvalue weighted by Gasteiger charge is 2.50. The van der Waals surface area contributed by atoms with Gasteiger partial charge in [0.25, 0.3) is 0 Å². The van der Waals surface area contributed by atoms with Crippen LogP contribution in [0.15, 0.2) is 30.3 Å². The van der Waals surface area contributed by atoms with Crippen LogP contribution in [-0.2, 0) is 15.0 Å². The van der Waals surface area contributed by atoms with Gasteiger partial charge in [0.2, 0.25) is 11.8 Å². The molecule has 0 N–H and O–H groups in total. The van der Waals surface area contributed by atoms with Crippen LogP contribution in [0.3, 0.4) is 0 Å². The summed E-state index contributed by atoms with van der Waals surface area (Å²) in [4.78, 5) is 25.4. The average Bonchev–Trinajstić information content (AvgIpc) is 2.57. The van der Waals surface area contributed by atoms with Crippen molar-refractivity contribution in [1.29, 1.82) is 0 Å². The van der Waals surface area contributed by atoms with Gasteiger partial charge in [-0.2, -0.15) is 0 Å². The Morgan fingerprint density at radius 3 is 2.35 bits per heavy atom. The summed E-state index contributed by atoms with van der Waals surface area (Å²) in [6.07, 6.45) is 1.92. The van der Waals surface area contributed by atoms with Gasteiger partial charge < -0.3 is 0 Å². The van der Waals surface area contributed by atoms with E-state index in [1.165, 1.54) is 4.90 Å². The summed E-state index contributed by atoms with van der Waals surface area (Å²) in [5, 5.41) is 0.